The zero-order valence-electron chi connectivity index (χ0n) is 9.10. The van der Waals surface area contributed by atoms with E-state index in [0.717, 1.165) is 30.9 Å². The smallest absolute Gasteiger partial charge is 0.411 e. The van der Waals surface area contributed by atoms with Gasteiger partial charge in [0.2, 0.25) is 0 Å². The minimum Gasteiger partial charge on any atom is -0.465 e. The second-order valence-corrected chi connectivity index (χ2v) is 4.74. The first-order valence-electron chi connectivity index (χ1n) is 5.37. The number of rotatable bonds is 2. The Labute approximate surface area is 102 Å². The minimum atomic E-state index is -1.36. The lowest BCUT2D eigenvalue weighted by atomic mass is 9.99. The van der Waals surface area contributed by atoms with E-state index in [-0.39, 0.29) is 5.69 Å². The molecule has 1 aromatic rings. The molecular formula is C10H13N3O3S. The van der Waals surface area contributed by atoms with Gasteiger partial charge in [0.1, 0.15) is 5.69 Å². The number of carbonyl (C=O) groups excluding carboxylic acids is 1. The number of carboxylic acid groups (broad SMARTS) is 1. The van der Waals surface area contributed by atoms with Gasteiger partial charge in [0.25, 0.3) is 5.91 Å². The monoisotopic (exact) mass is 255 g/mol. The van der Waals surface area contributed by atoms with E-state index < -0.39 is 12.0 Å². The lowest BCUT2D eigenvalue weighted by Gasteiger charge is -2.20. The largest absolute Gasteiger partial charge is 0.465 e. The Morgan fingerprint density at radius 2 is 2.18 bits per heavy atom. The standard InChI is InChI=1S/C10H13N3O3S/c14-8(13-10(15)16)7-5-17-9(12-7)6-1-3-11-4-2-6/h5-6,11H,1-4H2,(H,13,14)(H,15,16). The summed E-state index contributed by atoms with van der Waals surface area (Å²) < 4.78 is 0. The maximum absolute atomic E-state index is 11.4. The number of hydrogen-bond donors (Lipinski definition) is 3. The van der Waals surface area contributed by atoms with Crippen molar-refractivity contribution < 1.29 is 14.7 Å². The third-order valence-electron chi connectivity index (χ3n) is 2.66. The molecule has 0 bridgehead atoms. The number of carbonyl (C=O) groups is 2. The van der Waals surface area contributed by atoms with Crippen molar-refractivity contribution in [1.82, 2.24) is 15.6 Å². The van der Waals surface area contributed by atoms with Gasteiger partial charge >= 0.3 is 6.09 Å². The molecule has 3 N–H and O–H groups in total. The van der Waals surface area contributed by atoms with E-state index in [0.29, 0.717) is 5.92 Å². The van der Waals surface area contributed by atoms with Crippen LogP contribution in [0.5, 0.6) is 0 Å². The summed E-state index contributed by atoms with van der Waals surface area (Å²) in [6, 6.07) is 0. The first-order chi connectivity index (χ1) is 8.16. The van der Waals surface area contributed by atoms with Crippen molar-refractivity contribution in [1.29, 1.82) is 0 Å². The predicted molar refractivity (Wildman–Crippen MR) is 62.4 cm³/mol. The van der Waals surface area contributed by atoms with Gasteiger partial charge in [0.05, 0.1) is 5.01 Å². The Morgan fingerprint density at radius 3 is 2.82 bits per heavy atom. The molecule has 0 unspecified atom stereocenters. The molecule has 1 aliphatic heterocycles. The summed E-state index contributed by atoms with van der Waals surface area (Å²) >= 11 is 1.42. The molecular weight excluding hydrogens is 242 g/mol. The maximum atomic E-state index is 11.4. The van der Waals surface area contributed by atoms with Crippen LogP contribution in [0.1, 0.15) is 34.3 Å². The number of nitrogens with zero attached hydrogens (tertiary/aromatic N) is 1. The Balaban J connectivity index is 2.04. The van der Waals surface area contributed by atoms with Gasteiger partial charge in [-0.05, 0) is 25.9 Å². The quantitative estimate of drug-likeness (QED) is 0.734. The lowest BCUT2D eigenvalue weighted by Crippen LogP contribution is -2.29. The average molecular weight is 255 g/mol. The SMILES string of the molecule is O=C(O)NC(=O)c1csc(C2CCNCC2)n1. The van der Waals surface area contributed by atoms with Gasteiger partial charge in [-0.25, -0.2) is 9.78 Å². The molecule has 92 valence electrons. The summed E-state index contributed by atoms with van der Waals surface area (Å²) in [5.74, 6) is -0.276. The van der Waals surface area contributed by atoms with E-state index >= 15 is 0 Å². The van der Waals surface area contributed by atoms with E-state index in [1.807, 2.05) is 0 Å². The van der Waals surface area contributed by atoms with Gasteiger partial charge in [-0.2, -0.15) is 0 Å². The van der Waals surface area contributed by atoms with E-state index in [2.05, 4.69) is 10.3 Å². The molecule has 1 aliphatic rings. The molecule has 0 aromatic carbocycles. The molecule has 17 heavy (non-hydrogen) atoms. The van der Waals surface area contributed by atoms with Crippen LogP contribution in [0, 0.1) is 0 Å². The minimum absolute atomic E-state index is 0.186. The first-order valence-corrected chi connectivity index (χ1v) is 6.25. The number of piperidine rings is 1. The van der Waals surface area contributed by atoms with E-state index in [1.165, 1.54) is 11.3 Å². The molecule has 2 rings (SSSR count). The average Bonchev–Trinajstić information content (AvgIpc) is 2.78. The molecule has 2 amide bonds. The fraction of sp³-hybridized carbons (Fsp3) is 0.500. The van der Waals surface area contributed by atoms with Crippen LogP contribution in [0.25, 0.3) is 0 Å². The van der Waals surface area contributed by atoms with Crippen LogP contribution in [-0.2, 0) is 0 Å². The molecule has 0 radical (unpaired) electrons. The number of thiazole rings is 1. The van der Waals surface area contributed by atoms with Crippen molar-refractivity contribution in [3.63, 3.8) is 0 Å². The van der Waals surface area contributed by atoms with Crippen LogP contribution in [0.4, 0.5) is 4.79 Å². The molecule has 0 aliphatic carbocycles. The van der Waals surface area contributed by atoms with Crippen molar-refractivity contribution in [3.05, 3.63) is 16.1 Å². The number of amides is 2. The Hall–Kier alpha value is -1.47. The third-order valence-corrected chi connectivity index (χ3v) is 3.67. The second kappa shape index (κ2) is 5.24. The Morgan fingerprint density at radius 1 is 1.47 bits per heavy atom. The second-order valence-electron chi connectivity index (χ2n) is 3.85. The highest BCUT2D eigenvalue weighted by Crippen LogP contribution is 2.27. The summed E-state index contributed by atoms with van der Waals surface area (Å²) in [6.07, 6.45) is 0.660. The summed E-state index contributed by atoms with van der Waals surface area (Å²) in [4.78, 5) is 25.9. The zero-order valence-corrected chi connectivity index (χ0v) is 9.92. The molecule has 0 spiro atoms. The van der Waals surface area contributed by atoms with Crippen molar-refractivity contribution in [3.8, 4) is 0 Å². The summed E-state index contributed by atoms with van der Waals surface area (Å²) in [5.41, 5.74) is 0.186. The predicted octanol–water partition coefficient (Wildman–Crippen LogP) is 1.02. The number of hydrogen-bond acceptors (Lipinski definition) is 5. The van der Waals surface area contributed by atoms with Gasteiger partial charge in [-0.3, -0.25) is 10.1 Å². The van der Waals surface area contributed by atoms with Crippen molar-refractivity contribution in [2.24, 2.45) is 0 Å². The van der Waals surface area contributed by atoms with Crippen molar-refractivity contribution >= 4 is 23.3 Å². The molecule has 1 aromatic heterocycles. The zero-order chi connectivity index (χ0) is 12.3. The summed E-state index contributed by atoms with van der Waals surface area (Å²) in [6.45, 7) is 1.92. The Bertz CT molecular complexity index is 426. The van der Waals surface area contributed by atoms with E-state index in [4.69, 9.17) is 5.11 Å². The lowest BCUT2D eigenvalue weighted by molar-refractivity contribution is 0.0943. The van der Waals surface area contributed by atoms with E-state index in [9.17, 15) is 9.59 Å². The molecule has 1 saturated heterocycles. The highest BCUT2D eigenvalue weighted by molar-refractivity contribution is 7.09. The summed E-state index contributed by atoms with van der Waals surface area (Å²) in [7, 11) is 0. The van der Waals surface area contributed by atoms with Gasteiger partial charge < -0.3 is 10.4 Å². The van der Waals surface area contributed by atoms with Gasteiger partial charge in [0, 0.05) is 11.3 Å². The summed E-state index contributed by atoms with van der Waals surface area (Å²) in [5, 5.41) is 16.0. The highest BCUT2D eigenvalue weighted by Gasteiger charge is 2.20. The highest BCUT2D eigenvalue weighted by atomic mass is 32.1. The number of nitrogens with one attached hydrogen (secondary N) is 2. The normalized spacial score (nSPS) is 16.7. The van der Waals surface area contributed by atoms with Crippen LogP contribution >= 0.6 is 11.3 Å². The molecule has 2 heterocycles. The van der Waals surface area contributed by atoms with Crippen LogP contribution < -0.4 is 10.6 Å². The van der Waals surface area contributed by atoms with E-state index in [1.54, 1.807) is 10.7 Å². The van der Waals surface area contributed by atoms with Crippen LogP contribution in [0.15, 0.2) is 5.38 Å². The first kappa shape index (κ1) is 12.0. The van der Waals surface area contributed by atoms with Gasteiger partial charge in [0.15, 0.2) is 0 Å². The van der Waals surface area contributed by atoms with Crippen molar-refractivity contribution in [2.75, 3.05) is 13.1 Å². The topological polar surface area (TPSA) is 91.3 Å². The molecule has 1 fully saturated rings. The van der Waals surface area contributed by atoms with Crippen molar-refractivity contribution in [2.45, 2.75) is 18.8 Å². The van der Waals surface area contributed by atoms with Crippen LogP contribution in [0.2, 0.25) is 0 Å². The molecule has 0 atom stereocenters. The fourth-order valence-corrected chi connectivity index (χ4v) is 2.78. The molecule has 0 saturated carbocycles. The maximum Gasteiger partial charge on any atom is 0.411 e. The van der Waals surface area contributed by atoms with Crippen LogP contribution in [0.3, 0.4) is 0 Å². The Kier molecular flexibility index (Phi) is 3.70. The fourth-order valence-electron chi connectivity index (χ4n) is 1.81. The third kappa shape index (κ3) is 3.01. The van der Waals surface area contributed by atoms with Crippen LogP contribution in [-0.4, -0.2) is 35.2 Å². The molecule has 7 heteroatoms. The van der Waals surface area contributed by atoms with Gasteiger partial charge in [-0.15, -0.1) is 11.3 Å². The number of imide groups is 1. The molecule has 6 nitrogen and oxygen atoms in total. The van der Waals surface area contributed by atoms with Gasteiger partial charge in [-0.1, -0.05) is 0 Å². The number of aromatic nitrogens is 1.